The van der Waals surface area contributed by atoms with E-state index in [1.54, 1.807) is 6.92 Å². The molecule has 0 bridgehead atoms. The maximum Gasteiger partial charge on any atom is 0.345 e. The molecule has 0 aliphatic carbocycles. The average molecular weight is 296 g/mol. The van der Waals surface area contributed by atoms with Gasteiger partial charge in [0.05, 0.1) is 6.61 Å². The normalized spacial score (nSPS) is 10.6. The summed E-state index contributed by atoms with van der Waals surface area (Å²) in [6, 6.07) is 0. The maximum atomic E-state index is 12.1. The van der Waals surface area contributed by atoms with Gasteiger partial charge < -0.3 is 9.72 Å². The lowest BCUT2D eigenvalue weighted by atomic mass is 10.1. The number of rotatable bonds is 9. The first-order chi connectivity index (χ1) is 10.1. The Bertz CT molecular complexity index is 560. The molecule has 6 nitrogen and oxygen atoms in total. The van der Waals surface area contributed by atoms with Crippen molar-refractivity contribution in [3.8, 4) is 0 Å². The monoisotopic (exact) mass is 296 g/mol. The number of hydrogen-bond donors (Lipinski definition) is 1. The zero-order chi connectivity index (χ0) is 15.7. The van der Waals surface area contributed by atoms with Gasteiger partial charge in [0.15, 0.2) is 0 Å². The number of unbranched alkanes of at least 4 members (excludes halogenated alkanes) is 5. The van der Waals surface area contributed by atoms with Crippen molar-refractivity contribution in [3.05, 3.63) is 32.6 Å². The third-order valence-electron chi connectivity index (χ3n) is 3.29. The summed E-state index contributed by atoms with van der Waals surface area (Å²) in [7, 11) is 0. The topological polar surface area (TPSA) is 81.2 Å². The number of ether oxygens (including phenoxy) is 1. The fourth-order valence-corrected chi connectivity index (χ4v) is 2.12. The fraction of sp³-hybridized carbons (Fsp3) is 0.667. The van der Waals surface area contributed by atoms with Crippen LogP contribution in [0.25, 0.3) is 0 Å². The highest BCUT2D eigenvalue weighted by molar-refractivity contribution is 5.88. The van der Waals surface area contributed by atoms with Gasteiger partial charge in [-0.3, -0.25) is 9.36 Å². The second-order valence-corrected chi connectivity index (χ2v) is 4.95. The molecule has 0 radical (unpaired) electrons. The maximum absolute atomic E-state index is 12.1. The highest BCUT2D eigenvalue weighted by atomic mass is 16.5. The van der Waals surface area contributed by atoms with Gasteiger partial charge in [0.1, 0.15) is 5.56 Å². The molecule has 0 fully saturated rings. The summed E-state index contributed by atoms with van der Waals surface area (Å²) in [5, 5.41) is 0. The number of nitrogens with one attached hydrogen (secondary N) is 1. The number of esters is 1. The molecule has 1 N–H and O–H groups in total. The molecule has 0 spiro atoms. The van der Waals surface area contributed by atoms with Crippen LogP contribution in [0.3, 0.4) is 0 Å². The molecule has 0 amide bonds. The van der Waals surface area contributed by atoms with E-state index in [-0.39, 0.29) is 12.2 Å². The standard InChI is InChI=1S/C15H24N2O4/c1-3-5-6-7-8-9-10-17-13(18)12(11-16-15(17)20)14(19)21-4-2/h11H,3-10H2,1-2H3,(H,16,20). The number of hydrogen-bond acceptors (Lipinski definition) is 4. The molecule has 0 atom stereocenters. The van der Waals surface area contributed by atoms with E-state index in [9.17, 15) is 14.4 Å². The largest absolute Gasteiger partial charge is 0.462 e. The first-order valence-corrected chi connectivity index (χ1v) is 7.61. The van der Waals surface area contributed by atoms with E-state index in [2.05, 4.69) is 11.9 Å². The Labute approximate surface area is 124 Å². The van der Waals surface area contributed by atoms with Gasteiger partial charge in [-0.1, -0.05) is 39.0 Å². The van der Waals surface area contributed by atoms with E-state index in [1.807, 2.05) is 0 Å². The van der Waals surface area contributed by atoms with Gasteiger partial charge in [0, 0.05) is 12.7 Å². The number of nitrogens with zero attached hydrogens (tertiary/aromatic N) is 1. The number of H-pyrrole nitrogens is 1. The molecule has 0 aliphatic heterocycles. The van der Waals surface area contributed by atoms with Gasteiger partial charge in [-0.05, 0) is 13.3 Å². The zero-order valence-corrected chi connectivity index (χ0v) is 12.8. The number of carbonyl (C=O) groups excluding carboxylic acids is 1. The summed E-state index contributed by atoms with van der Waals surface area (Å²) < 4.78 is 5.87. The number of aromatic amines is 1. The van der Waals surface area contributed by atoms with Gasteiger partial charge >= 0.3 is 11.7 Å². The Hall–Kier alpha value is -1.85. The van der Waals surface area contributed by atoms with Gasteiger partial charge in [-0.15, -0.1) is 0 Å². The van der Waals surface area contributed by atoms with Gasteiger partial charge in [-0.2, -0.15) is 0 Å². The van der Waals surface area contributed by atoms with Crippen LogP contribution in [0.15, 0.2) is 15.8 Å². The zero-order valence-electron chi connectivity index (χ0n) is 12.8. The van der Waals surface area contributed by atoms with Gasteiger partial charge in [0.25, 0.3) is 5.56 Å². The first kappa shape index (κ1) is 17.2. The molecule has 0 aliphatic rings. The Morgan fingerprint density at radius 2 is 1.81 bits per heavy atom. The molecule has 1 rings (SSSR count). The SMILES string of the molecule is CCCCCCCCn1c(=O)[nH]cc(C(=O)OCC)c1=O. The molecular weight excluding hydrogens is 272 g/mol. The van der Waals surface area contributed by atoms with Crippen LogP contribution < -0.4 is 11.2 Å². The Kier molecular flexibility index (Phi) is 7.50. The van der Waals surface area contributed by atoms with E-state index in [0.29, 0.717) is 6.54 Å². The van der Waals surface area contributed by atoms with E-state index in [0.717, 1.165) is 30.0 Å². The Morgan fingerprint density at radius 3 is 2.48 bits per heavy atom. The minimum absolute atomic E-state index is 0.123. The van der Waals surface area contributed by atoms with Crippen molar-refractivity contribution in [1.82, 2.24) is 9.55 Å². The van der Waals surface area contributed by atoms with E-state index in [4.69, 9.17) is 4.74 Å². The van der Waals surface area contributed by atoms with Crippen LogP contribution in [-0.2, 0) is 11.3 Å². The molecule has 21 heavy (non-hydrogen) atoms. The summed E-state index contributed by atoms with van der Waals surface area (Å²) in [4.78, 5) is 37.8. The molecule has 1 aromatic rings. The summed E-state index contributed by atoms with van der Waals surface area (Å²) in [6.45, 7) is 4.33. The van der Waals surface area contributed by atoms with Crippen molar-refractivity contribution in [2.24, 2.45) is 0 Å². The first-order valence-electron chi connectivity index (χ1n) is 7.61. The third kappa shape index (κ3) is 5.21. The van der Waals surface area contributed by atoms with Crippen molar-refractivity contribution >= 4 is 5.97 Å². The van der Waals surface area contributed by atoms with E-state index in [1.165, 1.54) is 19.3 Å². The molecule has 0 unspecified atom stereocenters. The Morgan fingerprint density at radius 1 is 1.14 bits per heavy atom. The van der Waals surface area contributed by atoms with Gasteiger partial charge in [-0.25, -0.2) is 9.59 Å². The van der Waals surface area contributed by atoms with Crippen LogP contribution >= 0.6 is 0 Å². The summed E-state index contributed by atoms with van der Waals surface area (Å²) >= 11 is 0. The van der Waals surface area contributed by atoms with Crippen molar-refractivity contribution in [2.75, 3.05) is 6.61 Å². The molecule has 0 saturated heterocycles. The molecule has 0 aromatic carbocycles. The van der Waals surface area contributed by atoms with Crippen LogP contribution in [0.5, 0.6) is 0 Å². The fourth-order valence-electron chi connectivity index (χ4n) is 2.12. The lowest BCUT2D eigenvalue weighted by molar-refractivity contribution is 0.0522. The van der Waals surface area contributed by atoms with Crippen LogP contribution in [0, 0.1) is 0 Å². The molecule has 118 valence electrons. The average Bonchev–Trinajstić information content (AvgIpc) is 2.45. The van der Waals surface area contributed by atoms with Crippen molar-refractivity contribution in [3.63, 3.8) is 0 Å². The molecule has 1 aromatic heterocycles. The van der Waals surface area contributed by atoms with Crippen molar-refractivity contribution in [1.29, 1.82) is 0 Å². The predicted octanol–water partition coefficient (Wildman–Crippen LogP) is 2.07. The van der Waals surface area contributed by atoms with E-state index < -0.39 is 17.2 Å². The van der Waals surface area contributed by atoms with Crippen molar-refractivity contribution < 1.29 is 9.53 Å². The van der Waals surface area contributed by atoms with Crippen LogP contribution in [0.2, 0.25) is 0 Å². The minimum Gasteiger partial charge on any atom is -0.462 e. The molecule has 6 heteroatoms. The molecule has 0 saturated carbocycles. The predicted molar refractivity (Wildman–Crippen MR) is 80.7 cm³/mol. The highest BCUT2D eigenvalue weighted by Crippen LogP contribution is 2.05. The summed E-state index contributed by atoms with van der Waals surface area (Å²) in [6.07, 6.45) is 7.50. The molecular formula is C15H24N2O4. The third-order valence-corrected chi connectivity index (χ3v) is 3.29. The second kappa shape index (κ2) is 9.15. The smallest absolute Gasteiger partial charge is 0.345 e. The highest BCUT2D eigenvalue weighted by Gasteiger charge is 2.15. The van der Waals surface area contributed by atoms with Crippen LogP contribution in [0.1, 0.15) is 62.7 Å². The number of carbonyl (C=O) groups is 1. The van der Waals surface area contributed by atoms with Crippen molar-refractivity contribution in [2.45, 2.75) is 58.9 Å². The Balaban J connectivity index is 2.69. The van der Waals surface area contributed by atoms with E-state index >= 15 is 0 Å². The van der Waals surface area contributed by atoms with Gasteiger partial charge in [0.2, 0.25) is 0 Å². The quantitative estimate of drug-likeness (QED) is 0.559. The second-order valence-electron chi connectivity index (χ2n) is 4.95. The lowest BCUT2D eigenvalue weighted by Gasteiger charge is -2.06. The van der Waals surface area contributed by atoms with Crippen LogP contribution in [-0.4, -0.2) is 22.1 Å². The molecule has 1 heterocycles. The summed E-state index contributed by atoms with van der Waals surface area (Å²) in [5.74, 6) is -0.699. The minimum atomic E-state index is -0.699. The number of aromatic nitrogens is 2. The van der Waals surface area contributed by atoms with Crippen LogP contribution in [0.4, 0.5) is 0 Å². The lowest BCUT2D eigenvalue weighted by Crippen LogP contribution is -2.38. The summed E-state index contributed by atoms with van der Waals surface area (Å²) in [5.41, 5.74) is -1.19.